The predicted octanol–water partition coefficient (Wildman–Crippen LogP) is 3.29. The lowest BCUT2D eigenvalue weighted by atomic mass is 10.2. The average molecular weight is 262 g/mol. The van der Waals surface area contributed by atoms with E-state index < -0.39 is 11.8 Å². The van der Waals surface area contributed by atoms with Gasteiger partial charge in [0.1, 0.15) is 11.6 Å². The van der Waals surface area contributed by atoms with Gasteiger partial charge in [-0.3, -0.25) is 0 Å². The Bertz CT molecular complexity index is 587. The number of nitrogens with one attached hydrogen (secondary N) is 2. The van der Waals surface area contributed by atoms with E-state index in [2.05, 4.69) is 10.6 Å². The molecule has 3 nitrogen and oxygen atoms in total. The van der Waals surface area contributed by atoms with E-state index in [1.54, 1.807) is 18.2 Å². The third-order valence-corrected chi connectivity index (χ3v) is 2.42. The lowest BCUT2D eigenvalue weighted by Crippen LogP contribution is -2.28. The Kier molecular flexibility index (Phi) is 4.07. The van der Waals surface area contributed by atoms with Gasteiger partial charge in [-0.25, -0.2) is 13.6 Å². The summed E-state index contributed by atoms with van der Waals surface area (Å²) in [7, 11) is 0. The van der Waals surface area contributed by atoms with E-state index in [-0.39, 0.29) is 12.4 Å². The molecule has 0 heterocycles. The number of rotatable bonds is 3. The molecule has 2 N–H and O–H groups in total. The van der Waals surface area contributed by atoms with Crippen molar-refractivity contribution >= 4 is 11.7 Å². The number of carbonyl (C=O) groups is 1. The van der Waals surface area contributed by atoms with Crippen LogP contribution in [0.3, 0.4) is 0 Å². The fourth-order valence-electron chi connectivity index (χ4n) is 1.57. The molecular formula is C14H12F2N2O. The molecule has 0 bridgehead atoms. The van der Waals surface area contributed by atoms with E-state index in [4.69, 9.17) is 0 Å². The Hall–Kier alpha value is -2.43. The zero-order valence-corrected chi connectivity index (χ0v) is 9.99. The minimum Gasteiger partial charge on any atom is -0.334 e. The Morgan fingerprint density at radius 2 is 1.68 bits per heavy atom. The standard InChI is InChI=1S/C14H12F2N2O/c15-11-4-1-3-10(7-11)9-17-14(19)18-13-6-2-5-12(16)8-13/h1-8H,9H2,(H2,17,18,19). The quantitative estimate of drug-likeness (QED) is 0.875. The SMILES string of the molecule is O=C(NCc1cccc(F)c1)Nc1cccc(F)c1. The summed E-state index contributed by atoms with van der Waals surface area (Å²) in [5, 5.41) is 5.04. The maximum atomic E-state index is 12.9. The highest BCUT2D eigenvalue weighted by Gasteiger charge is 2.02. The van der Waals surface area contributed by atoms with Gasteiger partial charge in [0, 0.05) is 12.2 Å². The summed E-state index contributed by atoms with van der Waals surface area (Å²) in [6.45, 7) is 0.193. The van der Waals surface area contributed by atoms with Gasteiger partial charge in [-0.2, -0.15) is 0 Å². The van der Waals surface area contributed by atoms with Crippen molar-refractivity contribution in [1.29, 1.82) is 0 Å². The number of benzene rings is 2. The van der Waals surface area contributed by atoms with Gasteiger partial charge in [0.2, 0.25) is 0 Å². The van der Waals surface area contributed by atoms with Crippen molar-refractivity contribution < 1.29 is 13.6 Å². The first kappa shape index (κ1) is 13.0. The average Bonchev–Trinajstić information content (AvgIpc) is 2.36. The van der Waals surface area contributed by atoms with Crippen LogP contribution in [0.1, 0.15) is 5.56 Å². The number of hydrogen-bond acceptors (Lipinski definition) is 1. The zero-order valence-electron chi connectivity index (χ0n) is 9.99. The topological polar surface area (TPSA) is 41.1 Å². The van der Waals surface area contributed by atoms with Crippen LogP contribution in [-0.2, 0) is 6.54 Å². The predicted molar refractivity (Wildman–Crippen MR) is 68.7 cm³/mol. The normalized spacial score (nSPS) is 10.0. The van der Waals surface area contributed by atoms with E-state index >= 15 is 0 Å². The van der Waals surface area contributed by atoms with Gasteiger partial charge in [-0.05, 0) is 35.9 Å². The molecule has 2 aromatic rings. The van der Waals surface area contributed by atoms with Gasteiger partial charge in [0.05, 0.1) is 0 Å². The van der Waals surface area contributed by atoms with Crippen LogP contribution in [0.5, 0.6) is 0 Å². The molecule has 2 aromatic carbocycles. The van der Waals surface area contributed by atoms with Crippen LogP contribution in [0.25, 0.3) is 0 Å². The van der Waals surface area contributed by atoms with Crippen molar-refractivity contribution in [3.8, 4) is 0 Å². The molecule has 0 unspecified atom stereocenters. The molecule has 19 heavy (non-hydrogen) atoms. The molecule has 0 spiro atoms. The third kappa shape index (κ3) is 4.06. The van der Waals surface area contributed by atoms with Gasteiger partial charge in [-0.1, -0.05) is 18.2 Å². The molecule has 0 radical (unpaired) electrons. The molecule has 0 fully saturated rings. The fourth-order valence-corrected chi connectivity index (χ4v) is 1.57. The van der Waals surface area contributed by atoms with Crippen molar-refractivity contribution in [2.75, 3.05) is 5.32 Å². The number of hydrogen-bond donors (Lipinski definition) is 2. The number of carbonyl (C=O) groups excluding carboxylic acids is 1. The van der Waals surface area contributed by atoms with Crippen LogP contribution in [0.15, 0.2) is 48.5 Å². The Balaban J connectivity index is 1.88. The molecule has 98 valence electrons. The van der Waals surface area contributed by atoms with E-state index in [9.17, 15) is 13.6 Å². The molecule has 0 saturated heterocycles. The summed E-state index contributed by atoms with van der Waals surface area (Å²) in [5.74, 6) is -0.784. The van der Waals surface area contributed by atoms with Gasteiger partial charge in [-0.15, -0.1) is 0 Å². The number of urea groups is 1. The first-order valence-electron chi connectivity index (χ1n) is 5.68. The van der Waals surface area contributed by atoms with Crippen LogP contribution in [0, 0.1) is 11.6 Å². The minimum absolute atomic E-state index is 0.193. The van der Waals surface area contributed by atoms with Crippen molar-refractivity contribution in [2.24, 2.45) is 0 Å². The molecule has 0 aliphatic rings. The molecule has 0 saturated carbocycles. The lowest BCUT2D eigenvalue weighted by molar-refractivity contribution is 0.251. The second-order valence-electron chi connectivity index (χ2n) is 3.95. The molecule has 2 rings (SSSR count). The Morgan fingerprint density at radius 1 is 1.00 bits per heavy atom. The fraction of sp³-hybridized carbons (Fsp3) is 0.0714. The summed E-state index contributed by atoms with van der Waals surface area (Å²) >= 11 is 0. The second-order valence-corrected chi connectivity index (χ2v) is 3.95. The third-order valence-electron chi connectivity index (χ3n) is 2.42. The number of anilines is 1. The molecule has 2 amide bonds. The van der Waals surface area contributed by atoms with Crippen LogP contribution < -0.4 is 10.6 Å². The maximum absolute atomic E-state index is 12.9. The van der Waals surface area contributed by atoms with E-state index in [0.717, 1.165) is 0 Å². The van der Waals surface area contributed by atoms with E-state index in [0.29, 0.717) is 11.3 Å². The lowest BCUT2D eigenvalue weighted by Gasteiger charge is -2.07. The first-order valence-corrected chi connectivity index (χ1v) is 5.68. The Morgan fingerprint density at radius 3 is 2.37 bits per heavy atom. The molecule has 0 aliphatic carbocycles. The van der Waals surface area contributed by atoms with Gasteiger partial charge < -0.3 is 10.6 Å². The van der Waals surface area contributed by atoms with Crippen molar-refractivity contribution in [3.63, 3.8) is 0 Å². The van der Waals surface area contributed by atoms with Crippen LogP contribution in [-0.4, -0.2) is 6.03 Å². The van der Waals surface area contributed by atoms with Gasteiger partial charge in [0.15, 0.2) is 0 Å². The molecule has 0 atom stereocenters. The van der Waals surface area contributed by atoms with Crippen LogP contribution >= 0.6 is 0 Å². The molecule has 0 aliphatic heterocycles. The minimum atomic E-state index is -0.477. The summed E-state index contributed by atoms with van der Waals surface area (Å²) < 4.78 is 25.8. The van der Waals surface area contributed by atoms with Gasteiger partial charge >= 0.3 is 6.03 Å². The highest BCUT2D eigenvalue weighted by Crippen LogP contribution is 2.09. The number of halogens is 2. The van der Waals surface area contributed by atoms with E-state index in [1.165, 1.54) is 30.3 Å². The smallest absolute Gasteiger partial charge is 0.319 e. The van der Waals surface area contributed by atoms with Crippen molar-refractivity contribution in [2.45, 2.75) is 6.54 Å². The Labute approximate surface area is 109 Å². The summed E-state index contributed by atoms with van der Waals surface area (Å²) in [6, 6.07) is 11.0. The second kappa shape index (κ2) is 5.95. The summed E-state index contributed by atoms with van der Waals surface area (Å²) in [5.41, 5.74) is 1.01. The highest BCUT2D eigenvalue weighted by atomic mass is 19.1. The first-order chi connectivity index (χ1) is 9.13. The largest absolute Gasteiger partial charge is 0.334 e. The summed E-state index contributed by atoms with van der Waals surface area (Å²) in [6.07, 6.45) is 0. The maximum Gasteiger partial charge on any atom is 0.319 e. The van der Waals surface area contributed by atoms with Gasteiger partial charge in [0.25, 0.3) is 0 Å². The van der Waals surface area contributed by atoms with Crippen molar-refractivity contribution in [3.05, 3.63) is 65.7 Å². The van der Waals surface area contributed by atoms with Crippen molar-refractivity contribution in [1.82, 2.24) is 5.32 Å². The van der Waals surface area contributed by atoms with E-state index in [1.807, 2.05) is 0 Å². The monoisotopic (exact) mass is 262 g/mol. The zero-order chi connectivity index (χ0) is 13.7. The van der Waals surface area contributed by atoms with Crippen LogP contribution in [0.2, 0.25) is 0 Å². The molecule has 0 aromatic heterocycles. The number of amides is 2. The molecular weight excluding hydrogens is 250 g/mol. The van der Waals surface area contributed by atoms with Crippen LogP contribution in [0.4, 0.5) is 19.3 Å². The summed E-state index contributed by atoms with van der Waals surface area (Å²) in [4.78, 5) is 11.5. The molecule has 5 heteroatoms. The highest BCUT2D eigenvalue weighted by molar-refractivity contribution is 5.89.